The number of aromatic nitrogens is 1. The Bertz CT molecular complexity index is 208. The van der Waals surface area contributed by atoms with Crippen molar-refractivity contribution in [2.45, 2.75) is 19.2 Å². The van der Waals surface area contributed by atoms with Crippen LogP contribution in [-0.2, 0) is 0 Å². The van der Waals surface area contributed by atoms with Crippen LogP contribution >= 0.6 is 11.6 Å². The van der Waals surface area contributed by atoms with Crippen molar-refractivity contribution >= 4 is 11.6 Å². The van der Waals surface area contributed by atoms with Crippen molar-refractivity contribution in [3.63, 3.8) is 0 Å². The fourth-order valence-electron chi connectivity index (χ4n) is 0.932. The standard InChI is InChI=1S/C9H12ClN/c1-7(2)9(10)8-3-5-11-6-4-8/h3-7,9H,1-2H3. The van der Waals surface area contributed by atoms with E-state index >= 15 is 0 Å². The molecule has 2 heteroatoms. The molecular weight excluding hydrogens is 158 g/mol. The molecule has 11 heavy (non-hydrogen) atoms. The smallest absolute Gasteiger partial charge is 0.0609 e. The Morgan fingerprint density at radius 3 is 2.27 bits per heavy atom. The zero-order valence-corrected chi connectivity index (χ0v) is 7.55. The topological polar surface area (TPSA) is 12.9 Å². The van der Waals surface area contributed by atoms with Crippen LogP contribution in [0, 0.1) is 5.92 Å². The van der Waals surface area contributed by atoms with Crippen molar-refractivity contribution in [2.75, 3.05) is 0 Å². The summed E-state index contributed by atoms with van der Waals surface area (Å²) >= 11 is 6.11. The number of alkyl halides is 1. The lowest BCUT2D eigenvalue weighted by Gasteiger charge is -2.12. The molecule has 0 saturated carbocycles. The second-order valence-electron chi connectivity index (χ2n) is 2.93. The van der Waals surface area contributed by atoms with E-state index in [1.165, 1.54) is 0 Å². The van der Waals surface area contributed by atoms with Gasteiger partial charge >= 0.3 is 0 Å². The molecule has 1 atom stereocenters. The average Bonchev–Trinajstić information content (AvgIpc) is 2.05. The molecule has 1 nitrogen and oxygen atoms in total. The van der Waals surface area contributed by atoms with Crippen molar-refractivity contribution in [3.05, 3.63) is 30.1 Å². The van der Waals surface area contributed by atoms with Gasteiger partial charge in [-0.25, -0.2) is 0 Å². The Balaban J connectivity index is 2.77. The fraction of sp³-hybridized carbons (Fsp3) is 0.444. The SMILES string of the molecule is CC(C)C(Cl)c1ccncc1. The first-order valence-electron chi connectivity index (χ1n) is 3.76. The summed E-state index contributed by atoms with van der Waals surface area (Å²) in [7, 11) is 0. The molecule has 0 aliphatic carbocycles. The first-order valence-corrected chi connectivity index (χ1v) is 4.19. The first kappa shape index (κ1) is 8.54. The lowest BCUT2D eigenvalue weighted by molar-refractivity contribution is 0.623. The van der Waals surface area contributed by atoms with Crippen LogP contribution in [0.3, 0.4) is 0 Å². The summed E-state index contributed by atoms with van der Waals surface area (Å²) in [5.74, 6) is 0.471. The number of hydrogen-bond acceptors (Lipinski definition) is 1. The van der Waals surface area contributed by atoms with Crippen molar-refractivity contribution in [3.8, 4) is 0 Å². The molecule has 0 aromatic carbocycles. The molecule has 1 heterocycles. The summed E-state index contributed by atoms with van der Waals surface area (Å²) in [6, 6.07) is 3.91. The van der Waals surface area contributed by atoms with Crippen molar-refractivity contribution in [1.82, 2.24) is 4.98 Å². The van der Waals surface area contributed by atoms with Gasteiger partial charge in [-0.15, -0.1) is 11.6 Å². The Morgan fingerprint density at radius 2 is 1.82 bits per heavy atom. The van der Waals surface area contributed by atoms with E-state index in [1.807, 2.05) is 12.1 Å². The Morgan fingerprint density at radius 1 is 1.27 bits per heavy atom. The Labute approximate surface area is 72.4 Å². The van der Waals surface area contributed by atoms with Crippen LogP contribution in [0.2, 0.25) is 0 Å². The van der Waals surface area contributed by atoms with Crippen LogP contribution in [0.15, 0.2) is 24.5 Å². The van der Waals surface area contributed by atoms with Crippen LogP contribution < -0.4 is 0 Å². The monoisotopic (exact) mass is 169 g/mol. The minimum Gasteiger partial charge on any atom is -0.265 e. The third-order valence-electron chi connectivity index (χ3n) is 1.61. The second kappa shape index (κ2) is 3.72. The van der Waals surface area contributed by atoms with Crippen LogP contribution in [-0.4, -0.2) is 4.98 Å². The quantitative estimate of drug-likeness (QED) is 0.621. The van der Waals surface area contributed by atoms with Gasteiger partial charge in [0.1, 0.15) is 0 Å². The van der Waals surface area contributed by atoms with E-state index in [9.17, 15) is 0 Å². The van der Waals surface area contributed by atoms with Crippen LogP contribution in [0.1, 0.15) is 24.8 Å². The Kier molecular flexibility index (Phi) is 2.89. The number of rotatable bonds is 2. The van der Waals surface area contributed by atoms with E-state index in [0.29, 0.717) is 5.92 Å². The third-order valence-corrected chi connectivity index (χ3v) is 2.37. The molecule has 60 valence electrons. The van der Waals surface area contributed by atoms with E-state index < -0.39 is 0 Å². The molecule has 0 amide bonds. The molecule has 1 unspecified atom stereocenters. The average molecular weight is 170 g/mol. The van der Waals surface area contributed by atoms with E-state index in [1.54, 1.807) is 12.4 Å². The maximum Gasteiger partial charge on any atom is 0.0609 e. The first-order chi connectivity index (χ1) is 5.22. The number of nitrogens with zero attached hydrogens (tertiary/aromatic N) is 1. The van der Waals surface area contributed by atoms with Gasteiger partial charge in [-0.05, 0) is 23.6 Å². The van der Waals surface area contributed by atoms with Crippen molar-refractivity contribution < 1.29 is 0 Å². The van der Waals surface area contributed by atoms with Gasteiger partial charge in [0.05, 0.1) is 5.38 Å². The highest BCUT2D eigenvalue weighted by Gasteiger charge is 2.10. The summed E-state index contributed by atoms with van der Waals surface area (Å²) in [6.07, 6.45) is 3.54. The molecule has 0 bridgehead atoms. The van der Waals surface area contributed by atoms with Gasteiger partial charge in [0.2, 0.25) is 0 Å². The highest BCUT2D eigenvalue weighted by atomic mass is 35.5. The zero-order valence-electron chi connectivity index (χ0n) is 6.79. The van der Waals surface area contributed by atoms with E-state index in [-0.39, 0.29) is 5.38 Å². The van der Waals surface area contributed by atoms with Gasteiger partial charge in [-0.1, -0.05) is 13.8 Å². The predicted octanol–water partition coefficient (Wildman–Crippen LogP) is 3.02. The minimum absolute atomic E-state index is 0.109. The molecule has 0 spiro atoms. The van der Waals surface area contributed by atoms with Gasteiger partial charge in [-0.3, -0.25) is 4.98 Å². The summed E-state index contributed by atoms with van der Waals surface area (Å²) in [5, 5.41) is 0.109. The van der Waals surface area contributed by atoms with Gasteiger partial charge in [0.15, 0.2) is 0 Å². The molecular formula is C9H12ClN. The van der Waals surface area contributed by atoms with Gasteiger partial charge < -0.3 is 0 Å². The summed E-state index contributed by atoms with van der Waals surface area (Å²) in [4.78, 5) is 3.93. The largest absolute Gasteiger partial charge is 0.265 e. The van der Waals surface area contributed by atoms with Gasteiger partial charge in [0.25, 0.3) is 0 Å². The lowest BCUT2D eigenvalue weighted by Crippen LogP contribution is -1.98. The lowest BCUT2D eigenvalue weighted by atomic mass is 10.0. The normalized spacial score (nSPS) is 13.5. The molecule has 0 N–H and O–H groups in total. The maximum absolute atomic E-state index is 6.11. The summed E-state index contributed by atoms with van der Waals surface area (Å²) in [6.45, 7) is 4.22. The highest BCUT2D eigenvalue weighted by molar-refractivity contribution is 6.20. The number of halogens is 1. The molecule has 0 aliphatic heterocycles. The predicted molar refractivity (Wildman–Crippen MR) is 47.7 cm³/mol. The van der Waals surface area contributed by atoms with Gasteiger partial charge in [-0.2, -0.15) is 0 Å². The highest BCUT2D eigenvalue weighted by Crippen LogP contribution is 2.27. The van der Waals surface area contributed by atoms with Crippen LogP contribution in [0.4, 0.5) is 0 Å². The number of hydrogen-bond donors (Lipinski definition) is 0. The third kappa shape index (κ3) is 2.19. The molecule has 0 aliphatic rings. The fourth-order valence-corrected chi connectivity index (χ4v) is 1.08. The molecule has 0 saturated heterocycles. The van der Waals surface area contributed by atoms with Gasteiger partial charge in [0, 0.05) is 12.4 Å². The van der Waals surface area contributed by atoms with E-state index in [4.69, 9.17) is 11.6 Å². The molecule has 0 radical (unpaired) electrons. The van der Waals surface area contributed by atoms with Crippen molar-refractivity contribution in [1.29, 1.82) is 0 Å². The van der Waals surface area contributed by atoms with E-state index in [2.05, 4.69) is 18.8 Å². The van der Waals surface area contributed by atoms with Crippen molar-refractivity contribution in [2.24, 2.45) is 5.92 Å². The molecule has 1 aromatic heterocycles. The number of pyridine rings is 1. The van der Waals surface area contributed by atoms with E-state index in [0.717, 1.165) is 5.56 Å². The zero-order chi connectivity index (χ0) is 8.27. The minimum atomic E-state index is 0.109. The molecule has 1 aromatic rings. The molecule has 1 rings (SSSR count). The molecule has 0 fully saturated rings. The maximum atomic E-state index is 6.11. The Hall–Kier alpha value is -0.560. The van der Waals surface area contributed by atoms with Crippen LogP contribution in [0.25, 0.3) is 0 Å². The summed E-state index contributed by atoms with van der Waals surface area (Å²) in [5.41, 5.74) is 1.15. The van der Waals surface area contributed by atoms with Crippen LogP contribution in [0.5, 0.6) is 0 Å². The summed E-state index contributed by atoms with van der Waals surface area (Å²) < 4.78 is 0. The second-order valence-corrected chi connectivity index (χ2v) is 3.40.